The second kappa shape index (κ2) is 4.35. The minimum atomic E-state index is -0.325. The molecule has 17 heavy (non-hydrogen) atoms. The van der Waals surface area contributed by atoms with Gasteiger partial charge < -0.3 is 10.6 Å². The molecule has 4 heteroatoms. The first-order chi connectivity index (χ1) is 8.11. The second-order valence-electron chi connectivity index (χ2n) is 4.64. The van der Waals surface area contributed by atoms with Crippen molar-refractivity contribution in [2.24, 2.45) is 5.41 Å². The van der Waals surface area contributed by atoms with Crippen LogP contribution in [0.4, 0.5) is 11.5 Å². The SMILES string of the molecule is CCC1(CC)CNc2nc(C)ccc2NC1=O. The first kappa shape index (κ1) is 11.9. The Balaban J connectivity index is 2.37. The van der Waals surface area contributed by atoms with Crippen molar-refractivity contribution in [3.8, 4) is 0 Å². The molecule has 1 aliphatic heterocycles. The van der Waals surface area contributed by atoms with Crippen molar-refractivity contribution < 1.29 is 4.79 Å². The zero-order valence-electron chi connectivity index (χ0n) is 10.6. The highest BCUT2D eigenvalue weighted by molar-refractivity contribution is 5.99. The molecule has 0 unspecified atom stereocenters. The fourth-order valence-electron chi connectivity index (χ4n) is 2.20. The highest BCUT2D eigenvalue weighted by Crippen LogP contribution is 2.33. The van der Waals surface area contributed by atoms with E-state index < -0.39 is 0 Å². The number of aromatic nitrogens is 1. The van der Waals surface area contributed by atoms with Gasteiger partial charge in [-0.3, -0.25) is 4.79 Å². The average Bonchev–Trinajstić information content (AvgIpc) is 2.46. The number of aryl methyl sites for hydroxylation is 1. The zero-order valence-corrected chi connectivity index (χ0v) is 10.6. The largest absolute Gasteiger partial charge is 0.367 e. The maximum atomic E-state index is 12.3. The quantitative estimate of drug-likeness (QED) is 0.825. The van der Waals surface area contributed by atoms with Gasteiger partial charge >= 0.3 is 0 Å². The van der Waals surface area contributed by atoms with E-state index in [1.54, 1.807) is 0 Å². The molecular weight excluding hydrogens is 214 g/mol. The number of amides is 1. The van der Waals surface area contributed by atoms with Crippen LogP contribution in [0, 0.1) is 12.3 Å². The number of fused-ring (bicyclic) bond motifs is 1. The molecule has 0 aromatic carbocycles. The Kier molecular flexibility index (Phi) is 3.05. The lowest BCUT2D eigenvalue weighted by Gasteiger charge is -2.27. The van der Waals surface area contributed by atoms with Gasteiger partial charge in [-0.1, -0.05) is 13.8 Å². The van der Waals surface area contributed by atoms with Gasteiger partial charge in [-0.05, 0) is 31.9 Å². The van der Waals surface area contributed by atoms with Crippen LogP contribution in [0.3, 0.4) is 0 Å². The second-order valence-corrected chi connectivity index (χ2v) is 4.64. The van der Waals surface area contributed by atoms with Crippen LogP contribution in [0.1, 0.15) is 32.4 Å². The van der Waals surface area contributed by atoms with Gasteiger partial charge in [0.1, 0.15) is 5.82 Å². The number of carbonyl (C=O) groups excluding carboxylic acids is 1. The monoisotopic (exact) mass is 233 g/mol. The van der Waals surface area contributed by atoms with E-state index in [0.29, 0.717) is 6.54 Å². The molecule has 1 aromatic rings. The first-order valence-electron chi connectivity index (χ1n) is 6.14. The summed E-state index contributed by atoms with van der Waals surface area (Å²) < 4.78 is 0. The van der Waals surface area contributed by atoms with Crippen LogP contribution in [0.5, 0.6) is 0 Å². The number of hydrogen-bond donors (Lipinski definition) is 2. The van der Waals surface area contributed by atoms with Crippen LogP contribution in [0.2, 0.25) is 0 Å². The van der Waals surface area contributed by atoms with Crippen LogP contribution in [-0.2, 0) is 4.79 Å². The fraction of sp³-hybridized carbons (Fsp3) is 0.538. The first-order valence-corrected chi connectivity index (χ1v) is 6.14. The molecule has 0 saturated carbocycles. The molecule has 2 heterocycles. The van der Waals surface area contributed by atoms with Gasteiger partial charge in [-0.25, -0.2) is 4.98 Å². The van der Waals surface area contributed by atoms with Gasteiger partial charge in [-0.2, -0.15) is 0 Å². The van der Waals surface area contributed by atoms with E-state index >= 15 is 0 Å². The third-order valence-electron chi connectivity index (χ3n) is 3.71. The molecule has 1 aromatic heterocycles. The zero-order chi connectivity index (χ0) is 12.5. The molecule has 0 saturated heterocycles. The number of carbonyl (C=O) groups is 1. The molecule has 2 N–H and O–H groups in total. The van der Waals surface area contributed by atoms with Crippen molar-refractivity contribution in [1.82, 2.24) is 4.98 Å². The predicted molar refractivity (Wildman–Crippen MR) is 69.1 cm³/mol. The van der Waals surface area contributed by atoms with E-state index in [2.05, 4.69) is 29.5 Å². The van der Waals surface area contributed by atoms with Crippen LogP contribution in [0.25, 0.3) is 0 Å². The van der Waals surface area contributed by atoms with Crippen molar-refractivity contribution in [2.45, 2.75) is 33.6 Å². The summed E-state index contributed by atoms with van der Waals surface area (Å²) >= 11 is 0. The molecule has 92 valence electrons. The van der Waals surface area contributed by atoms with E-state index in [0.717, 1.165) is 30.0 Å². The topological polar surface area (TPSA) is 54.0 Å². The molecule has 0 radical (unpaired) electrons. The number of nitrogens with zero attached hydrogens (tertiary/aromatic N) is 1. The smallest absolute Gasteiger partial charge is 0.232 e. The lowest BCUT2D eigenvalue weighted by atomic mass is 9.81. The van der Waals surface area contributed by atoms with Crippen molar-refractivity contribution in [2.75, 3.05) is 17.2 Å². The Morgan fingerprint density at radius 2 is 2.06 bits per heavy atom. The van der Waals surface area contributed by atoms with Crippen molar-refractivity contribution >= 4 is 17.4 Å². The Labute approximate surface area is 102 Å². The molecule has 2 rings (SSSR count). The van der Waals surface area contributed by atoms with E-state index in [1.807, 2.05) is 19.1 Å². The third-order valence-corrected chi connectivity index (χ3v) is 3.71. The van der Waals surface area contributed by atoms with Gasteiger partial charge in [0.15, 0.2) is 0 Å². The number of rotatable bonds is 2. The summed E-state index contributed by atoms with van der Waals surface area (Å²) in [7, 11) is 0. The van der Waals surface area contributed by atoms with Crippen molar-refractivity contribution in [3.05, 3.63) is 17.8 Å². The van der Waals surface area contributed by atoms with Crippen LogP contribution < -0.4 is 10.6 Å². The predicted octanol–water partition coefficient (Wildman–Crippen LogP) is 2.56. The molecule has 0 spiro atoms. The fourth-order valence-corrected chi connectivity index (χ4v) is 2.20. The molecular formula is C13H19N3O. The van der Waals surface area contributed by atoms with Gasteiger partial charge in [-0.15, -0.1) is 0 Å². The van der Waals surface area contributed by atoms with Crippen LogP contribution in [0.15, 0.2) is 12.1 Å². The standard InChI is InChI=1S/C13H19N3O/c1-4-13(5-2)8-14-11-10(16-12(13)17)7-6-9(3)15-11/h6-7H,4-5,8H2,1-3H3,(H,14,15)(H,16,17). The minimum absolute atomic E-state index is 0.0967. The minimum Gasteiger partial charge on any atom is -0.367 e. The maximum Gasteiger partial charge on any atom is 0.232 e. The van der Waals surface area contributed by atoms with Gasteiger partial charge in [0, 0.05) is 12.2 Å². The summed E-state index contributed by atoms with van der Waals surface area (Å²) in [6.07, 6.45) is 1.66. The maximum absolute atomic E-state index is 12.3. The van der Waals surface area contributed by atoms with Gasteiger partial charge in [0.05, 0.1) is 11.1 Å². The highest BCUT2D eigenvalue weighted by atomic mass is 16.2. The Hall–Kier alpha value is -1.58. The molecule has 1 amide bonds. The Morgan fingerprint density at radius 1 is 1.35 bits per heavy atom. The summed E-state index contributed by atoms with van der Waals surface area (Å²) in [5.74, 6) is 0.876. The molecule has 0 aliphatic carbocycles. The van der Waals surface area contributed by atoms with E-state index in [1.165, 1.54) is 0 Å². The van der Waals surface area contributed by atoms with Gasteiger partial charge in [0.2, 0.25) is 5.91 Å². The normalized spacial score (nSPS) is 17.7. The average molecular weight is 233 g/mol. The molecule has 0 bridgehead atoms. The Morgan fingerprint density at radius 3 is 2.71 bits per heavy atom. The third kappa shape index (κ3) is 1.99. The number of anilines is 2. The van der Waals surface area contributed by atoms with Gasteiger partial charge in [0.25, 0.3) is 0 Å². The van der Waals surface area contributed by atoms with E-state index in [4.69, 9.17) is 0 Å². The van der Waals surface area contributed by atoms with Crippen molar-refractivity contribution in [1.29, 1.82) is 0 Å². The number of hydrogen-bond acceptors (Lipinski definition) is 3. The highest BCUT2D eigenvalue weighted by Gasteiger charge is 2.37. The lowest BCUT2D eigenvalue weighted by Crippen LogP contribution is -2.39. The van der Waals surface area contributed by atoms with Crippen LogP contribution in [-0.4, -0.2) is 17.4 Å². The molecule has 1 aliphatic rings. The molecule has 0 fully saturated rings. The summed E-state index contributed by atoms with van der Waals surface area (Å²) in [6, 6.07) is 3.82. The van der Waals surface area contributed by atoms with Crippen LogP contribution >= 0.6 is 0 Å². The summed E-state index contributed by atoms with van der Waals surface area (Å²) in [6.45, 7) is 6.70. The summed E-state index contributed by atoms with van der Waals surface area (Å²) in [4.78, 5) is 16.7. The number of nitrogens with one attached hydrogen (secondary N) is 2. The Bertz CT molecular complexity index is 438. The molecule has 4 nitrogen and oxygen atoms in total. The lowest BCUT2D eigenvalue weighted by molar-refractivity contribution is -0.125. The summed E-state index contributed by atoms with van der Waals surface area (Å²) in [5, 5.41) is 6.27. The molecule has 0 atom stereocenters. The summed E-state index contributed by atoms with van der Waals surface area (Å²) in [5.41, 5.74) is 1.41. The van der Waals surface area contributed by atoms with E-state index in [9.17, 15) is 4.79 Å². The number of pyridine rings is 1. The van der Waals surface area contributed by atoms with E-state index in [-0.39, 0.29) is 11.3 Å². The van der Waals surface area contributed by atoms with Crippen molar-refractivity contribution in [3.63, 3.8) is 0 Å².